The summed E-state index contributed by atoms with van der Waals surface area (Å²) in [7, 11) is 0. The molecule has 1 aliphatic heterocycles. The van der Waals surface area contributed by atoms with Crippen molar-refractivity contribution in [1.29, 1.82) is 0 Å². The molecule has 0 aliphatic carbocycles. The highest BCUT2D eigenvalue weighted by atomic mass is 32.1. The molecule has 1 aromatic rings. The fourth-order valence-electron chi connectivity index (χ4n) is 1.73. The zero-order valence-electron chi connectivity index (χ0n) is 8.60. The predicted octanol–water partition coefficient (Wildman–Crippen LogP) is 2.04. The van der Waals surface area contributed by atoms with Gasteiger partial charge in [-0.2, -0.15) is 0 Å². The number of hydrogen-bond donors (Lipinski definition) is 1. The standard InChI is InChI=1S/C10H16N2OS/c1-7-3-4-12(6-7)10-11-5-9(14-10)8(2)13/h5,7-8,13H,3-4,6H2,1-2H3. The summed E-state index contributed by atoms with van der Waals surface area (Å²) in [5.41, 5.74) is 0. The smallest absolute Gasteiger partial charge is 0.185 e. The molecule has 0 amide bonds. The van der Waals surface area contributed by atoms with Crippen molar-refractivity contribution in [2.45, 2.75) is 26.4 Å². The average Bonchev–Trinajstić information content (AvgIpc) is 2.70. The van der Waals surface area contributed by atoms with Crippen LogP contribution in [0.15, 0.2) is 6.20 Å². The van der Waals surface area contributed by atoms with Crippen molar-refractivity contribution < 1.29 is 5.11 Å². The highest BCUT2D eigenvalue weighted by molar-refractivity contribution is 7.15. The summed E-state index contributed by atoms with van der Waals surface area (Å²) < 4.78 is 0. The van der Waals surface area contributed by atoms with Crippen LogP contribution in [0.1, 0.15) is 31.2 Å². The van der Waals surface area contributed by atoms with E-state index in [-0.39, 0.29) is 6.10 Å². The fourth-order valence-corrected chi connectivity index (χ4v) is 2.61. The molecule has 1 aliphatic rings. The minimum Gasteiger partial charge on any atom is -0.388 e. The van der Waals surface area contributed by atoms with Crippen LogP contribution in [0.4, 0.5) is 5.13 Å². The lowest BCUT2D eigenvalue weighted by Gasteiger charge is -2.13. The molecule has 78 valence electrons. The third kappa shape index (κ3) is 1.91. The van der Waals surface area contributed by atoms with Gasteiger partial charge in [0.25, 0.3) is 0 Å². The number of aliphatic hydroxyl groups excluding tert-OH is 1. The summed E-state index contributed by atoms with van der Waals surface area (Å²) in [4.78, 5) is 7.60. The number of nitrogens with zero attached hydrogens (tertiary/aromatic N) is 2. The third-order valence-corrected chi connectivity index (χ3v) is 3.85. The van der Waals surface area contributed by atoms with Crippen molar-refractivity contribution >= 4 is 16.5 Å². The summed E-state index contributed by atoms with van der Waals surface area (Å²) in [6.45, 7) is 6.26. The van der Waals surface area contributed by atoms with Crippen LogP contribution >= 0.6 is 11.3 Å². The van der Waals surface area contributed by atoms with Gasteiger partial charge in [0, 0.05) is 19.3 Å². The highest BCUT2D eigenvalue weighted by Crippen LogP contribution is 2.30. The number of hydrogen-bond acceptors (Lipinski definition) is 4. The van der Waals surface area contributed by atoms with Gasteiger partial charge in [0.05, 0.1) is 11.0 Å². The van der Waals surface area contributed by atoms with Crippen molar-refractivity contribution in [3.05, 3.63) is 11.1 Å². The molecule has 1 fully saturated rings. The summed E-state index contributed by atoms with van der Waals surface area (Å²) >= 11 is 1.61. The first kappa shape index (κ1) is 9.93. The van der Waals surface area contributed by atoms with Gasteiger partial charge in [0.15, 0.2) is 5.13 Å². The number of thiazole rings is 1. The fraction of sp³-hybridized carbons (Fsp3) is 0.700. The molecular weight excluding hydrogens is 196 g/mol. The van der Waals surface area contributed by atoms with Crippen LogP contribution < -0.4 is 4.90 Å². The van der Waals surface area contributed by atoms with E-state index in [1.807, 2.05) is 0 Å². The Morgan fingerprint density at radius 3 is 3.00 bits per heavy atom. The van der Waals surface area contributed by atoms with E-state index in [0.29, 0.717) is 0 Å². The molecule has 0 spiro atoms. The Hall–Kier alpha value is -0.610. The minimum atomic E-state index is -0.388. The van der Waals surface area contributed by atoms with E-state index < -0.39 is 0 Å². The third-order valence-electron chi connectivity index (χ3n) is 2.62. The molecule has 2 rings (SSSR count). The van der Waals surface area contributed by atoms with Gasteiger partial charge in [-0.05, 0) is 19.3 Å². The van der Waals surface area contributed by atoms with Crippen LogP contribution in [-0.2, 0) is 0 Å². The Balaban J connectivity index is 2.09. The first-order valence-electron chi connectivity index (χ1n) is 5.05. The van der Waals surface area contributed by atoms with Gasteiger partial charge in [0.1, 0.15) is 0 Å². The monoisotopic (exact) mass is 212 g/mol. The Labute approximate surface area is 88.4 Å². The van der Waals surface area contributed by atoms with E-state index in [1.165, 1.54) is 6.42 Å². The molecule has 0 saturated carbocycles. The Bertz CT molecular complexity index is 311. The maximum atomic E-state index is 9.38. The Morgan fingerprint density at radius 1 is 1.71 bits per heavy atom. The van der Waals surface area contributed by atoms with Crippen LogP contribution in [-0.4, -0.2) is 23.2 Å². The molecule has 2 heterocycles. The number of rotatable bonds is 2. The largest absolute Gasteiger partial charge is 0.388 e. The molecule has 0 aromatic carbocycles. The van der Waals surface area contributed by atoms with Crippen molar-refractivity contribution in [2.24, 2.45) is 5.92 Å². The van der Waals surface area contributed by atoms with Crippen LogP contribution in [0.2, 0.25) is 0 Å². The quantitative estimate of drug-likeness (QED) is 0.815. The zero-order valence-corrected chi connectivity index (χ0v) is 9.42. The van der Waals surface area contributed by atoms with Crippen LogP contribution in [0.25, 0.3) is 0 Å². The minimum absolute atomic E-state index is 0.388. The van der Waals surface area contributed by atoms with Crippen molar-refractivity contribution in [3.8, 4) is 0 Å². The predicted molar refractivity (Wildman–Crippen MR) is 58.7 cm³/mol. The summed E-state index contributed by atoms with van der Waals surface area (Å²) in [5, 5.41) is 10.4. The second-order valence-corrected chi connectivity index (χ2v) is 5.10. The van der Waals surface area contributed by atoms with Gasteiger partial charge < -0.3 is 10.0 Å². The molecule has 1 saturated heterocycles. The molecule has 3 nitrogen and oxygen atoms in total. The average molecular weight is 212 g/mol. The lowest BCUT2D eigenvalue weighted by atomic mass is 10.2. The van der Waals surface area contributed by atoms with Crippen LogP contribution in [0.5, 0.6) is 0 Å². The number of aliphatic hydroxyl groups is 1. The van der Waals surface area contributed by atoms with Gasteiger partial charge in [0.2, 0.25) is 0 Å². The van der Waals surface area contributed by atoms with E-state index in [4.69, 9.17) is 0 Å². The number of anilines is 1. The molecule has 2 unspecified atom stereocenters. The molecule has 2 atom stereocenters. The second-order valence-electron chi connectivity index (χ2n) is 4.06. The van der Waals surface area contributed by atoms with E-state index >= 15 is 0 Å². The van der Waals surface area contributed by atoms with E-state index in [2.05, 4.69) is 16.8 Å². The molecule has 14 heavy (non-hydrogen) atoms. The van der Waals surface area contributed by atoms with Crippen LogP contribution in [0, 0.1) is 5.92 Å². The van der Waals surface area contributed by atoms with Crippen LogP contribution in [0.3, 0.4) is 0 Å². The Kier molecular flexibility index (Phi) is 2.74. The lowest BCUT2D eigenvalue weighted by molar-refractivity contribution is 0.203. The second kappa shape index (κ2) is 3.87. The molecule has 1 aromatic heterocycles. The van der Waals surface area contributed by atoms with Gasteiger partial charge in [-0.3, -0.25) is 0 Å². The molecule has 0 radical (unpaired) electrons. The summed E-state index contributed by atoms with van der Waals surface area (Å²) in [6, 6.07) is 0. The summed E-state index contributed by atoms with van der Waals surface area (Å²) in [6.07, 6.45) is 2.65. The summed E-state index contributed by atoms with van der Waals surface area (Å²) in [5.74, 6) is 0.772. The molecule has 0 bridgehead atoms. The van der Waals surface area contributed by atoms with Gasteiger partial charge in [-0.1, -0.05) is 18.3 Å². The van der Waals surface area contributed by atoms with Crippen molar-refractivity contribution in [1.82, 2.24) is 4.98 Å². The Morgan fingerprint density at radius 2 is 2.50 bits per heavy atom. The molecular formula is C10H16N2OS. The normalized spacial score (nSPS) is 24.2. The van der Waals surface area contributed by atoms with E-state index in [9.17, 15) is 5.11 Å². The van der Waals surface area contributed by atoms with Gasteiger partial charge in [-0.25, -0.2) is 4.98 Å². The van der Waals surface area contributed by atoms with Gasteiger partial charge in [-0.15, -0.1) is 0 Å². The topological polar surface area (TPSA) is 36.4 Å². The van der Waals surface area contributed by atoms with Gasteiger partial charge >= 0.3 is 0 Å². The first-order valence-corrected chi connectivity index (χ1v) is 5.87. The number of aromatic nitrogens is 1. The maximum Gasteiger partial charge on any atom is 0.185 e. The van der Waals surface area contributed by atoms with E-state index in [0.717, 1.165) is 29.0 Å². The highest BCUT2D eigenvalue weighted by Gasteiger charge is 2.21. The SMILES string of the molecule is CC1CCN(c2ncc(C(C)O)s2)C1. The first-order chi connectivity index (χ1) is 6.66. The lowest BCUT2D eigenvalue weighted by Crippen LogP contribution is -2.18. The zero-order chi connectivity index (χ0) is 10.1. The van der Waals surface area contributed by atoms with Crippen molar-refractivity contribution in [2.75, 3.05) is 18.0 Å². The van der Waals surface area contributed by atoms with Crippen molar-refractivity contribution in [3.63, 3.8) is 0 Å². The molecule has 1 N–H and O–H groups in total. The maximum absolute atomic E-state index is 9.38. The molecule has 4 heteroatoms. The van der Waals surface area contributed by atoms with E-state index in [1.54, 1.807) is 24.5 Å².